The van der Waals surface area contributed by atoms with Gasteiger partial charge in [-0.05, 0) is 56.5 Å². The van der Waals surface area contributed by atoms with Gasteiger partial charge in [-0.25, -0.2) is 23.7 Å². The van der Waals surface area contributed by atoms with Gasteiger partial charge in [-0.2, -0.15) is 0 Å². The van der Waals surface area contributed by atoms with Gasteiger partial charge in [-0.1, -0.05) is 12.1 Å². The highest BCUT2D eigenvalue weighted by Crippen LogP contribution is 2.55. The monoisotopic (exact) mass is 424 g/mol. The summed E-state index contributed by atoms with van der Waals surface area (Å²) in [6.07, 6.45) is 3.15. The van der Waals surface area contributed by atoms with E-state index < -0.39 is 17.2 Å². The van der Waals surface area contributed by atoms with E-state index in [1.54, 1.807) is 32.2 Å². The van der Waals surface area contributed by atoms with Gasteiger partial charge < -0.3 is 10.1 Å². The second kappa shape index (κ2) is 8.02. The van der Waals surface area contributed by atoms with Crippen molar-refractivity contribution < 1.29 is 18.3 Å². The Morgan fingerprint density at radius 3 is 2.71 bits per heavy atom. The fraction of sp³-hybridized carbons (Fsp3) is 0.304. The highest BCUT2D eigenvalue weighted by atomic mass is 19.1. The van der Waals surface area contributed by atoms with Crippen LogP contribution in [0.2, 0.25) is 0 Å². The highest BCUT2D eigenvalue weighted by Gasteiger charge is 2.60. The number of halogens is 2. The van der Waals surface area contributed by atoms with Crippen molar-refractivity contribution in [1.82, 2.24) is 15.0 Å². The first-order valence-electron chi connectivity index (χ1n) is 9.90. The van der Waals surface area contributed by atoms with Crippen molar-refractivity contribution in [3.8, 4) is 5.75 Å². The number of carbonyl (C=O) groups excluding carboxylic acids is 1. The van der Waals surface area contributed by atoms with Crippen LogP contribution < -0.4 is 10.1 Å². The van der Waals surface area contributed by atoms with Crippen LogP contribution in [0, 0.1) is 38.3 Å². The third-order valence-electron chi connectivity index (χ3n) is 5.63. The molecule has 6 nitrogen and oxygen atoms in total. The number of benzene rings is 1. The second-order valence-electron chi connectivity index (χ2n) is 7.89. The molecular weight excluding hydrogens is 402 g/mol. The van der Waals surface area contributed by atoms with Gasteiger partial charge in [-0.15, -0.1) is 0 Å². The maximum absolute atomic E-state index is 13.9. The Morgan fingerprint density at radius 2 is 2.00 bits per heavy atom. The average Bonchev–Trinajstić information content (AvgIpc) is 3.46. The molecule has 160 valence electrons. The summed E-state index contributed by atoms with van der Waals surface area (Å²) < 4.78 is 33.4. The minimum absolute atomic E-state index is 0.164. The van der Waals surface area contributed by atoms with Crippen LogP contribution in [0.1, 0.15) is 29.1 Å². The van der Waals surface area contributed by atoms with Gasteiger partial charge in [0.1, 0.15) is 23.3 Å². The molecule has 1 N–H and O–H groups in total. The Bertz CT molecular complexity index is 1150. The number of rotatable bonds is 6. The molecule has 0 radical (unpaired) electrons. The van der Waals surface area contributed by atoms with E-state index in [1.165, 1.54) is 18.2 Å². The van der Waals surface area contributed by atoms with Crippen molar-refractivity contribution in [2.75, 3.05) is 11.9 Å². The van der Waals surface area contributed by atoms with Crippen LogP contribution >= 0.6 is 0 Å². The van der Waals surface area contributed by atoms with E-state index in [1.807, 2.05) is 6.92 Å². The lowest BCUT2D eigenvalue weighted by Gasteiger charge is -2.19. The van der Waals surface area contributed by atoms with E-state index in [2.05, 4.69) is 20.3 Å². The lowest BCUT2D eigenvalue weighted by atomic mass is 9.93. The molecule has 1 aromatic carbocycles. The Hall–Kier alpha value is -3.42. The van der Waals surface area contributed by atoms with E-state index in [0.717, 1.165) is 6.20 Å². The quantitative estimate of drug-likeness (QED) is 0.646. The maximum Gasteiger partial charge on any atom is 0.229 e. The van der Waals surface area contributed by atoms with Gasteiger partial charge in [0.15, 0.2) is 5.75 Å². The fourth-order valence-corrected chi connectivity index (χ4v) is 3.75. The van der Waals surface area contributed by atoms with Crippen molar-refractivity contribution in [1.29, 1.82) is 0 Å². The van der Waals surface area contributed by atoms with Gasteiger partial charge in [0, 0.05) is 5.41 Å². The second-order valence-corrected chi connectivity index (χ2v) is 7.89. The summed E-state index contributed by atoms with van der Waals surface area (Å²) in [4.78, 5) is 25.3. The molecule has 1 aliphatic carbocycles. The van der Waals surface area contributed by atoms with Crippen LogP contribution in [0.3, 0.4) is 0 Å². The lowest BCUT2D eigenvalue weighted by Crippen LogP contribution is -2.27. The number of ether oxygens (including phenoxy) is 1. The first-order chi connectivity index (χ1) is 14.8. The fourth-order valence-electron chi connectivity index (χ4n) is 3.75. The molecule has 0 spiro atoms. The summed E-state index contributed by atoms with van der Waals surface area (Å²) in [5.41, 5.74) is 1.06. The first-order valence-corrected chi connectivity index (χ1v) is 9.90. The Balaban J connectivity index is 1.57. The zero-order valence-electron chi connectivity index (χ0n) is 17.4. The van der Waals surface area contributed by atoms with Gasteiger partial charge in [0.25, 0.3) is 0 Å². The number of nitrogens with one attached hydrogen (secondary N) is 1. The van der Waals surface area contributed by atoms with Crippen LogP contribution in [0.5, 0.6) is 5.75 Å². The van der Waals surface area contributed by atoms with Crippen molar-refractivity contribution in [3.63, 3.8) is 0 Å². The molecule has 3 aromatic rings. The number of hydrogen-bond acceptors (Lipinski definition) is 5. The molecule has 0 aliphatic heterocycles. The molecule has 1 unspecified atom stereocenters. The number of carbonyl (C=O) groups is 1. The molecule has 31 heavy (non-hydrogen) atoms. The van der Waals surface area contributed by atoms with Crippen LogP contribution in [0.15, 0.2) is 42.7 Å². The summed E-state index contributed by atoms with van der Waals surface area (Å²) in [7, 11) is 0. The predicted molar refractivity (Wildman–Crippen MR) is 111 cm³/mol. The van der Waals surface area contributed by atoms with Crippen LogP contribution in [0.25, 0.3) is 0 Å². The number of hydrogen-bond donors (Lipinski definition) is 1. The Labute approximate surface area is 178 Å². The van der Waals surface area contributed by atoms with E-state index in [4.69, 9.17) is 4.74 Å². The van der Waals surface area contributed by atoms with Crippen molar-refractivity contribution in [2.45, 2.75) is 32.6 Å². The number of aryl methyl sites for hydroxylation is 3. The zero-order valence-corrected chi connectivity index (χ0v) is 17.4. The van der Waals surface area contributed by atoms with Crippen LogP contribution in [0.4, 0.5) is 14.6 Å². The van der Waals surface area contributed by atoms with E-state index in [0.29, 0.717) is 34.8 Å². The smallest absolute Gasteiger partial charge is 0.229 e. The third-order valence-corrected chi connectivity index (χ3v) is 5.63. The molecule has 0 bridgehead atoms. The molecule has 2 aromatic heterocycles. The van der Waals surface area contributed by atoms with Gasteiger partial charge in [-0.3, -0.25) is 4.79 Å². The molecule has 1 amide bonds. The number of anilines is 1. The molecule has 2 atom stereocenters. The minimum atomic E-state index is -0.696. The van der Waals surface area contributed by atoms with Gasteiger partial charge >= 0.3 is 0 Å². The van der Waals surface area contributed by atoms with Crippen LogP contribution in [-0.4, -0.2) is 27.5 Å². The molecule has 1 saturated carbocycles. The summed E-state index contributed by atoms with van der Waals surface area (Å²) >= 11 is 0. The van der Waals surface area contributed by atoms with Gasteiger partial charge in [0.05, 0.1) is 30.6 Å². The first kappa shape index (κ1) is 20.8. The normalized spacial score (nSPS) is 19.7. The Morgan fingerprint density at radius 1 is 1.19 bits per heavy atom. The molecular formula is C23H22F2N4O2. The molecule has 0 saturated heterocycles. The van der Waals surface area contributed by atoms with E-state index >= 15 is 0 Å². The SMILES string of the molecule is Cc1ncc(OCC2(c3cccc(F)c3)C[C@H]2C(=O)Nc2cc(C)c(F)cn2)c(C)n1. The zero-order chi connectivity index (χ0) is 22.2. The summed E-state index contributed by atoms with van der Waals surface area (Å²) in [5.74, 6) is -0.126. The van der Waals surface area contributed by atoms with Crippen LogP contribution in [-0.2, 0) is 10.2 Å². The molecule has 4 rings (SSSR count). The van der Waals surface area contributed by atoms with Crippen molar-refractivity contribution in [2.24, 2.45) is 5.92 Å². The topological polar surface area (TPSA) is 77.0 Å². The Kier molecular flexibility index (Phi) is 5.39. The van der Waals surface area contributed by atoms with Crippen molar-refractivity contribution >= 4 is 11.7 Å². The third kappa shape index (κ3) is 4.23. The standard InChI is InChI=1S/C23H22F2N4O2/c1-13-7-21(27-10-19(13)25)29-22(30)18-9-23(18,16-5-4-6-17(24)8-16)12-31-20-11-26-15(3)28-14(20)2/h4-8,10-11,18H,9,12H2,1-3H3,(H,27,29,30)/t18-,23?/m0/s1. The molecule has 1 fully saturated rings. The summed E-state index contributed by atoms with van der Waals surface area (Å²) in [6.45, 7) is 5.37. The summed E-state index contributed by atoms with van der Waals surface area (Å²) in [5, 5.41) is 2.74. The largest absolute Gasteiger partial charge is 0.489 e. The average molecular weight is 424 g/mol. The molecule has 2 heterocycles. The van der Waals surface area contributed by atoms with Gasteiger partial charge in [0.2, 0.25) is 5.91 Å². The maximum atomic E-state index is 13.9. The molecule has 1 aliphatic rings. The lowest BCUT2D eigenvalue weighted by molar-refractivity contribution is -0.117. The predicted octanol–water partition coefficient (Wildman–Crippen LogP) is 4.05. The number of aromatic nitrogens is 3. The number of nitrogens with zero attached hydrogens (tertiary/aromatic N) is 3. The molecule has 8 heteroatoms. The van der Waals surface area contributed by atoms with E-state index in [9.17, 15) is 13.6 Å². The van der Waals surface area contributed by atoms with E-state index in [-0.39, 0.29) is 24.1 Å². The highest BCUT2D eigenvalue weighted by molar-refractivity contribution is 5.95. The van der Waals surface area contributed by atoms with Crippen molar-refractivity contribution in [3.05, 3.63) is 77.0 Å². The number of amides is 1. The number of pyridine rings is 1. The summed E-state index contributed by atoms with van der Waals surface area (Å²) in [6, 6.07) is 7.67. The minimum Gasteiger partial charge on any atom is -0.489 e.